The van der Waals surface area contributed by atoms with Gasteiger partial charge in [0.15, 0.2) is 0 Å². The highest BCUT2D eigenvalue weighted by Crippen LogP contribution is 2.22. The van der Waals surface area contributed by atoms with Gasteiger partial charge < -0.3 is 9.47 Å². The van der Waals surface area contributed by atoms with Crippen LogP contribution in [0.5, 0.6) is 5.75 Å². The van der Waals surface area contributed by atoms with Gasteiger partial charge in [-0.05, 0) is 42.8 Å². The largest absolute Gasteiger partial charge is 0.489 e. The minimum atomic E-state index is -0.477. The molecule has 0 radical (unpaired) electrons. The monoisotopic (exact) mass is 359 g/mol. The zero-order chi connectivity index (χ0) is 17.8. The summed E-state index contributed by atoms with van der Waals surface area (Å²) in [4.78, 5) is 16.0. The molecule has 0 N–H and O–H groups in total. The number of halogens is 2. The number of hydrogen-bond donors (Lipinski definition) is 0. The summed E-state index contributed by atoms with van der Waals surface area (Å²) in [5.41, 5.74) is 1.76. The molecule has 4 nitrogen and oxygen atoms in total. The van der Waals surface area contributed by atoms with E-state index in [1.807, 2.05) is 6.07 Å². The van der Waals surface area contributed by atoms with Crippen molar-refractivity contribution in [3.63, 3.8) is 0 Å². The molecule has 0 aliphatic rings. The second-order valence-electron chi connectivity index (χ2n) is 5.34. The Kier molecular flexibility index (Phi) is 5.14. The topological polar surface area (TPSA) is 48.4 Å². The van der Waals surface area contributed by atoms with E-state index in [0.29, 0.717) is 29.0 Å². The van der Waals surface area contributed by atoms with Crippen LogP contribution in [-0.2, 0) is 11.3 Å². The molecule has 3 rings (SSSR count). The van der Waals surface area contributed by atoms with Crippen LogP contribution in [0.1, 0.15) is 22.8 Å². The number of nitrogens with zero attached hydrogens (tertiary/aromatic N) is 1. The summed E-state index contributed by atoms with van der Waals surface area (Å²) >= 11 is 5.66. The van der Waals surface area contributed by atoms with Gasteiger partial charge in [0.25, 0.3) is 0 Å². The van der Waals surface area contributed by atoms with Gasteiger partial charge in [-0.2, -0.15) is 0 Å². The zero-order valence-corrected chi connectivity index (χ0v) is 14.2. The van der Waals surface area contributed by atoms with Crippen molar-refractivity contribution in [2.24, 2.45) is 0 Å². The van der Waals surface area contributed by atoms with Crippen molar-refractivity contribution in [1.82, 2.24) is 4.98 Å². The summed E-state index contributed by atoms with van der Waals surface area (Å²) in [6.07, 6.45) is 1.47. The predicted molar refractivity (Wildman–Crippen MR) is 93.4 cm³/mol. The number of esters is 1. The average Bonchev–Trinajstić information content (AvgIpc) is 2.62. The third kappa shape index (κ3) is 4.06. The molecular formula is C19H15ClFNO3. The molecule has 0 saturated carbocycles. The standard InChI is InChI=1S/C19H15ClFNO3/c1-2-24-19(23)14-8-13-4-5-15(9-18(13)22-10-14)25-11-12-3-6-16(20)17(21)7-12/h3-10H,2,11H2,1H3. The van der Waals surface area contributed by atoms with E-state index in [1.54, 1.807) is 31.2 Å². The van der Waals surface area contributed by atoms with Crippen molar-refractivity contribution in [2.75, 3.05) is 6.61 Å². The van der Waals surface area contributed by atoms with Gasteiger partial charge in [-0.3, -0.25) is 4.98 Å². The fraction of sp³-hybridized carbons (Fsp3) is 0.158. The molecular weight excluding hydrogens is 345 g/mol. The molecule has 0 aliphatic carbocycles. The van der Waals surface area contributed by atoms with Crippen LogP contribution in [0.25, 0.3) is 10.9 Å². The van der Waals surface area contributed by atoms with Crippen molar-refractivity contribution >= 4 is 28.5 Å². The van der Waals surface area contributed by atoms with Crippen LogP contribution >= 0.6 is 11.6 Å². The molecule has 0 bridgehead atoms. The zero-order valence-electron chi connectivity index (χ0n) is 13.5. The Labute approximate surface area is 149 Å². The molecule has 2 aromatic carbocycles. The Morgan fingerprint density at radius 3 is 2.80 bits per heavy atom. The van der Waals surface area contributed by atoms with Crippen molar-refractivity contribution in [1.29, 1.82) is 0 Å². The average molecular weight is 360 g/mol. The summed E-state index contributed by atoms with van der Waals surface area (Å²) in [7, 11) is 0. The van der Waals surface area contributed by atoms with E-state index in [4.69, 9.17) is 21.1 Å². The fourth-order valence-electron chi connectivity index (χ4n) is 2.31. The number of ether oxygens (including phenoxy) is 2. The lowest BCUT2D eigenvalue weighted by molar-refractivity contribution is 0.0526. The number of hydrogen-bond acceptors (Lipinski definition) is 4. The van der Waals surface area contributed by atoms with E-state index in [-0.39, 0.29) is 11.6 Å². The third-order valence-electron chi connectivity index (χ3n) is 3.56. The third-order valence-corrected chi connectivity index (χ3v) is 3.86. The molecule has 0 aliphatic heterocycles. The summed E-state index contributed by atoms with van der Waals surface area (Å²) in [6.45, 7) is 2.28. The first-order valence-electron chi connectivity index (χ1n) is 7.70. The molecule has 0 atom stereocenters. The van der Waals surface area contributed by atoms with Crippen LogP contribution in [0.4, 0.5) is 4.39 Å². The van der Waals surface area contributed by atoms with Crippen LogP contribution in [0.2, 0.25) is 5.02 Å². The molecule has 3 aromatic rings. The van der Waals surface area contributed by atoms with Gasteiger partial charge in [0.1, 0.15) is 18.2 Å². The highest BCUT2D eigenvalue weighted by Gasteiger charge is 2.09. The van der Waals surface area contributed by atoms with E-state index in [1.165, 1.54) is 18.3 Å². The number of rotatable bonds is 5. The SMILES string of the molecule is CCOC(=O)c1cnc2cc(OCc3ccc(Cl)c(F)c3)ccc2c1. The van der Waals surface area contributed by atoms with Gasteiger partial charge in [0, 0.05) is 17.6 Å². The minimum Gasteiger partial charge on any atom is -0.489 e. The molecule has 0 amide bonds. The lowest BCUT2D eigenvalue weighted by atomic mass is 10.1. The summed E-state index contributed by atoms with van der Waals surface area (Å²) in [5, 5.41) is 0.881. The molecule has 0 saturated heterocycles. The Bertz CT molecular complexity index is 930. The lowest BCUT2D eigenvalue weighted by Gasteiger charge is -2.08. The lowest BCUT2D eigenvalue weighted by Crippen LogP contribution is -2.05. The normalized spacial score (nSPS) is 10.7. The highest BCUT2D eigenvalue weighted by molar-refractivity contribution is 6.30. The van der Waals surface area contributed by atoms with Crippen LogP contribution in [-0.4, -0.2) is 17.6 Å². The minimum absolute atomic E-state index is 0.0797. The van der Waals surface area contributed by atoms with Gasteiger partial charge in [0.05, 0.1) is 22.7 Å². The van der Waals surface area contributed by atoms with Crippen LogP contribution in [0.15, 0.2) is 48.7 Å². The molecule has 25 heavy (non-hydrogen) atoms. The highest BCUT2D eigenvalue weighted by atomic mass is 35.5. The fourth-order valence-corrected chi connectivity index (χ4v) is 2.43. The Balaban J connectivity index is 1.75. The van der Waals surface area contributed by atoms with E-state index in [0.717, 1.165) is 5.39 Å². The van der Waals surface area contributed by atoms with E-state index in [9.17, 15) is 9.18 Å². The molecule has 0 fully saturated rings. The summed E-state index contributed by atoms with van der Waals surface area (Å²) in [6, 6.07) is 11.6. The predicted octanol–water partition coefficient (Wildman–Crippen LogP) is 4.78. The van der Waals surface area contributed by atoms with Gasteiger partial charge in [-0.1, -0.05) is 17.7 Å². The number of pyridine rings is 1. The number of fused-ring (bicyclic) bond motifs is 1. The molecule has 0 unspecified atom stereocenters. The maximum absolute atomic E-state index is 13.4. The van der Waals surface area contributed by atoms with Gasteiger partial charge >= 0.3 is 5.97 Å². The molecule has 0 spiro atoms. The van der Waals surface area contributed by atoms with Gasteiger partial charge in [-0.15, -0.1) is 0 Å². The second kappa shape index (κ2) is 7.49. The van der Waals surface area contributed by atoms with Gasteiger partial charge in [0.2, 0.25) is 0 Å². The summed E-state index contributed by atoms with van der Waals surface area (Å²) in [5.74, 6) is -0.282. The Morgan fingerprint density at radius 2 is 2.04 bits per heavy atom. The quantitative estimate of drug-likeness (QED) is 0.615. The van der Waals surface area contributed by atoms with E-state index < -0.39 is 11.8 Å². The van der Waals surface area contributed by atoms with Crippen LogP contribution in [0.3, 0.4) is 0 Å². The first kappa shape index (κ1) is 17.2. The first-order valence-corrected chi connectivity index (χ1v) is 8.08. The van der Waals surface area contributed by atoms with Gasteiger partial charge in [-0.25, -0.2) is 9.18 Å². The smallest absolute Gasteiger partial charge is 0.339 e. The van der Waals surface area contributed by atoms with Crippen LogP contribution < -0.4 is 4.74 Å². The van der Waals surface area contributed by atoms with Crippen molar-refractivity contribution < 1.29 is 18.7 Å². The molecule has 1 aromatic heterocycles. The van der Waals surface area contributed by atoms with Crippen LogP contribution in [0, 0.1) is 5.82 Å². The molecule has 1 heterocycles. The number of aromatic nitrogens is 1. The second-order valence-corrected chi connectivity index (χ2v) is 5.74. The first-order chi connectivity index (χ1) is 12.1. The number of carbonyl (C=O) groups excluding carboxylic acids is 1. The Morgan fingerprint density at radius 1 is 1.20 bits per heavy atom. The number of carbonyl (C=O) groups is 1. The van der Waals surface area contributed by atoms with Crippen molar-refractivity contribution in [3.8, 4) is 5.75 Å². The maximum Gasteiger partial charge on any atom is 0.339 e. The van der Waals surface area contributed by atoms with E-state index in [2.05, 4.69) is 4.98 Å². The maximum atomic E-state index is 13.4. The van der Waals surface area contributed by atoms with E-state index >= 15 is 0 Å². The molecule has 128 valence electrons. The summed E-state index contributed by atoms with van der Waals surface area (Å²) < 4.78 is 24.1. The number of benzene rings is 2. The Hall–Kier alpha value is -2.66. The van der Waals surface area contributed by atoms with Crippen molar-refractivity contribution in [2.45, 2.75) is 13.5 Å². The van der Waals surface area contributed by atoms with Crippen molar-refractivity contribution in [3.05, 3.63) is 70.6 Å². The molecule has 6 heteroatoms.